The summed E-state index contributed by atoms with van der Waals surface area (Å²) in [6.07, 6.45) is 6.37. The number of nitrogens with zero attached hydrogens (tertiary/aromatic N) is 3. The monoisotopic (exact) mass is 350 g/mol. The van der Waals surface area contributed by atoms with Crippen LogP contribution in [0.2, 0.25) is 0 Å². The second-order valence-electron chi connectivity index (χ2n) is 6.35. The summed E-state index contributed by atoms with van der Waals surface area (Å²) in [5.41, 5.74) is 4.57. The fourth-order valence-corrected chi connectivity index (χ4v) is 3.56. The molecule has 26 heavy (non-hydrogen) atoms. The molecular formula is C20H22N4O2. The van der Waals surface area contributed by atoms with Crippen LogP contribution in [-0.4, -0.2) is 44.7 Å². The van der Waals surface area contributed by atoms with Crippen molar-refractivity contribution in [2.45, 2.75) is 19.0 Å². The number of rotatable bonds is 6. The molecule has 1 aromatic carbocycles. The van der Waals surface area contributed by atoms with E-state index in [4.69, 9.17) is 9.84 Å². The van der Waals surface area contributed by atoms with Crippen LogP contribution < -0.4 is 4.74 Å². The van der Waals surface area contributed by atoms with Gasteiger partial charge < -0.3 is 14.8 Å². The van der Waals surface area contributed by atoms with E-state index >= 15 is 0 Å². The van der Waals surface area contributed by atoms with Crippen LogP contribution in [0.5, 0.6) is 5.75 Å². The summed E-state index contributed by atoms with van der Waals surface area (Å²) in [7, 11) is 0. The molecule has 0 saturated heterocycles. The highest BCUT2D eigenvalue weighted by atomic mass is 16.5. The first-order valence-corrected chi connectivity index (χ1v) is 8.84. The third-order valence-electron chi connectivity index (χ3n) is 4.74. The van der Waals surface area contributed by atoms with E-state index in [1.165, 1.54) is 11.3 Å². The summed E-state index contributed by atoms with van der Waals surface area (Å²) in [5.74, 6) is 0.822. The lowest BCUT2D eigenvalue weighted by molar-refractivity contribution is 0.184. The van der Waals surface area contributed by atoms with E-state index in [-0.39, 0.29) is 12.6 Å². The SMILES string of the molecule is OCCOc1ccccc1CN1CCc2[nH]cnc2[C@@H]1c1ccncc1. The largest absolute Gasteiger partial charge is 0.491 e. The first-order chi connectivity index (χ1) is 12.9. The molecule has 4 rings (SSSR count). The first kappa shape index (κ1) is 16.8. The Kier molecular flexibility index (Phi) is 4.95. The van der Waals surface area contributed by atoms with Crippen molar-refractivity contribution < 1.29 is 9.84 Å². The number of hydrogen-bond acceptors (Lipinski definition) is 5. The molecule has 0 radical (unpaired) electrons. The lowest BCUT2D eigenvalue weighted by Crippen LogP contribution is -2.36. The zero-order valence-electron chi connectivity index (χ0n) is 14.5. The lowest BCUT2D eigenvalue weighted by atomic mass is 9.95. The van der Waals surface area contributed by atoms with Crippen LogP contribution in [0.4, 0.5) is 0 Å². The number of aromatic nitrogens is 3. The number of imidazole rings is 1. The van der Waals surface area contributed by atoms with Gasteiger partial charge >= 0.3 is 0 Å². The van der Waals surface area contributed by atoms with Crippen molar-refractivity contribution in [3.05, 3.63) is 77.6 Å². The van der Waals surface area contributed by atoms with Gasteiger partial charge in [-0.25, -0.2) is 4.98 Å². The third-order valence-corrected chi connectivity index (χ3v) is 4.74. The van der Waals surface area contributed by atoms with E-state index < -0.39 is 0 Å². The quantitative estimate of drug-likeness (QED) is 0.714. The minimum Gasteiger partial charge on any atom is -0.491 e. The fraction of sp³-hybridized carbons (Fsp3) is 0.300. The van der Waals surface area contributed by atoms with Crippen molar-refractivity contribution in [1.82, 2.24) is 19.9 Å². The van der Waals surface area contributed by atoms with Crippen LogP contribution in [-0.2, 0) is 13.0 Å². The molecule has 1 atom stereocenters. The molecule has 0 unspecified atom stereocenters. The van der Waals surface area contributed by atoms with Crippen molar-refractivity contribution in [2.75, 3.05) is 19.8 Å². The molecular weight excluding hydrogens is 328 g/mol. The molecule has 2 N–H and O–H groups in total. The maximum Gasteiger partial charge on any atom is 0.123 e. The van der Waals surface area contributed by atoms with Crippen molar-refractivity contribution in [2.24, 2.45) is 0 Å². The predicted octanol–water partition coefficient (Wildman–Crippen LogP) is 2.32. The molecule has 0 bridgehead atoms. The summed E-state index contributed by atoms with van der Waals surface area (Å²) >= 11 is 0. The van der Waals surface area contributed by atoms with Gasteiger partial charge in [-0.3, -0.25) is 9.88 Å². The molecule has 6 heteroatoms. The van der Waals surface area contributed by atoms with Crippen LogP contribution in [0.15, 0.2) is 55.1 Å². The van der Waals surface area contributed by atoms with E-state index in [9.17, 15) is 0 Å². The molecule has 0 amide bonds. The molecule has 3 aromatic rings. The molecule has 3 heterocycles. The second-order valence-corrected chi connectivity index (χ2v) is 6.35. The fourth-order valence-electron chi connectivity index (χ4n) is 3.56. The van der Waals surface area contributed by atoms with Crippen LogP contribution in [0.25, 0.3) is 0 Å². The minimum atomic E-state index is 0.00825. The maximum absolute atomic E-state index is 9.06. The van der Waals surface area contributed by atoms with E-state index in [0.717, 1.165) is 36.5 Å². The molecule has 6 nitrogen and oxygen atoms in total. The summed E-state index contributed by atoms with van der Waals surface area (Å²) in [6, 6.07) is 12.2. The van der Waals surface area contributed by atoms with Crippen molar-refractivity contribution in [3.8, 4) is 5.75 Å². The summed E-state index contributed by atoms with van der Waals surface area (Å²) in [5, 5.41) is 9.06. The zero-order valence-corrected chi connectivity index (χ0v) is 14.5. The lowest BCUT2D eigenvalue weighted by Gasteiger charge is -2.35. The number of aliphatic hydroxyl groups excluding tert-OH is 1. The van der Waals surface area contributed by atoms with Crippen LogP contribution in [0, 0.1) is 0 Å². The Bertz CT molecular complexity index is 850. The van der Waals surface area contributed by atoms with Gasteiger partial charge in [0.1, 0.15) is 12.4 Å². The number of aromatic amines is 1. The Balaban J connectivity index is 1.66. The van der Waals surface area contributed by atoms with Gasteiger partial charge in [0.2, 0.25) is 0 Å². The van der Waals surface area contributed by atoms with E-state index in [1.807, 2.05) is 30.6 Å². The second kappa shape index (κ2) is 7.68. The molecule has 0 fully saturated rings. The first-order valence-electron chi connectivity index (χ1n) is 8.84. The average molecular weight is 350 g/mol. The number of pyridine rings is 1. The summed E-state index contributed by atoms with van der Waals surface area (Å²) < 4.78 is 5.71. The smallest absolute Gasteiger partial charge is 0.123 e. The maximum atomic E-state index is 9.06. The Labute approximate surface area is 152 Å². The van der Waals surface area contributed by atoms with Crippen LogP contribution >= 0.6 is 0 Å². The van der Waals surface area contributed by atoms with E-state index in [2.05, 4.69) is 38.1 Å². The minimum absolute atomic E-state index is 0.00825. The number of ether oxygens (including phenoxy) is 1. The van der Waals surface area contributed by atoms with Gasteiger partial charge in [-0.1, -0.05) is 18.2 Å². The molecule has 2 aromatic heterocycles. The van der Waals surface area contributed by atoms with Crippen molar-refractivity contribution >= 4 is 0 Å². The van der Waals surface area contributed by atoms with Crippen LogP contribution in [0.1, 0.15) is 28.6 Å². The number of fused-ring (bicyclic) bond motifs is 1. The van der Waals surface area contributed by atoms with Crippen molar-refractivity contribution in [3.63, 3.8) is 0 Å². The number of benzene rings is 1. The van der Waals surface area contributed by atoms with E-state index in [1.54, 1.807) is 6.33 Å². The van der Waals surface area contributed by atoms with Gasteiger partial charge in [0, 0.05) is 43.2 Å². The van der Waals surface area contributed by atoms with Gasteiger partial charge in [-0.05, 0) is 23.8 Å². The van der Waals surface area contributed by atoms with Gasteiger partial charge in [0.05, 0.1) is 24.7 Å². The molecule has 1 aliphatic rings. The normalized spacial score (nSPS) is 17.0. The third kappa shape index (κ3) is 3.34. The Morgan fingerprint density at radius 3 is 2.88 bits per heavy atom. The number of aliphatic hydroxyl groups is 1. The highest BCUT2D eigenvalue weighted by Crippen LogP contribution is 2.35. The highest BCUT2D eigenvalue weighted by Gasteiger charge is 2.31. The van der Waals surface area contributed by atoms with Gasteiger partial charge in [0.15, 0.2) is 0 Å². The van der Waals surface area contributed by atoms with E-state index in [0.29, 0.717) is 6.61 Å². The van der Waals surface area contributed by atoms with Gasteiger partial charge in [0.25, 0.3) is 0 Å². The zero-order chi connectivity index (χ0) is 17.8. The van der Waals surface area contributed by atoms with Crippen molar-refractivity contribution in [1.29, 1.82) is 0 Å². The number of nitrogens with one attached hydrogen (secondary N) is 1. The Morgan fingerprint density at radius 1 is 1.19 bits per heavy atom. The number of H-pyrrole nitrogens is 1. The topological polar surface area (TPSA) is 74.3 Å². The van der Waals surface area contributed by atoms with Gasteiger partial charge in [-0.15, -0.1) is 0 Å². The summed E-state index contributed by atoms with van der Waals surface area (Å²) in [4.78, 5) is 14.4. The molecule has 134 valence electrons. The predicted molar refractivity (Wildman–Crippen MR) is 97.8 cm³/mol. The number of hydrogen-bond donors (Lipinski definition) is 2. The Morgan fingerprint density at radius 2 is 2.04 bits per heavy atom. The standard InChI is InChI=1S/C20H22N4O2/c25-11-12-26-18-4-2-1-3-16(18)13-24-10-7-17-19(23-14-22-17)20(24)15-5-8-21-9-6-15/h1-6,8-9,14,20,25H,7,10-13H2,(H,22,23)/t20-/m0/s1. The highest BCUT2D eigenvalue weighted by molar-refractivity contribution is 5.36. The average Bonchev–Trinajstić information content (AvgIpc) is 3.16. The molecule has 1 aliphatic heterocycles. The summed E-state index contributed by atoms with van der Waals surface area (Å²) in [6.45, 7) is 1.99. The number of para-hydroxylation sites is 1. The Hall–Kier alpha value is -2.70. The molecule has 0 saturated carbocycles. The van der Waals surface area contributed by atoms with Crippen LogP contribution in [0.3, 0.4) is 0 Å². The molecule has 0 spiro atoms. The van der Waals surface area contributed by atoms with Gasteiger partial charge in [-0.2, -0.15) is 0 Å². The molecule has 0 aliphatic carbocycles.